The summed E-state index contributed by atoms with van der Waals surface area (Å²) in [6.45, 7) is 1.80. The van der Waals surface area contributed by atoms with Crippen LogP contribution in [-0.4, -0.2) is 0 Å². The van der Waals surface area contributed by atoms with Gasteiger partial charge >= 0.3 is 0 Å². The van der Waals surface area contributed by atoms with Gasteiger partial charge in [-0.1, -0.05) is 29.8 Å². The molecule has 0 heterocycles. The molecule has 5 heteroatoms. The Kier molecular flexibility index (Phi) is 4.70. The Hall–Kier alpha value is -1.49. The molecule has 0 aromatic heterocycles. The number of rotatable bonds is 4. The highest BCUT2D eigenvalue weighted by Crippen LogP contribution is 2.24. The van der Waals surface area contributed by atoms with Crippen LogP contribution in [0.15, 0.2) is 36.4 Å². The molecule has 0 saturated heterocycles. The zero-order valence-electron chi connectivity index (χ0n) is 11.0. The molecule has 0 aliphatic rings. The van der Waals surface area contributed by atoms with Crippen LogP contribution in [0.3, 0.4) is 0 Å². The number of nitrogens with two attached hydrogens (primary N) is 1. The molecule has 0 bridgehead atoms. The Morgan fingerprint density at radius 1 is 1.15 bits per heavy atom. The van der Waals surface area contributed by atoms with E-state index in [2.05, 4.69) is 5.43 Å². The van der Waals surface area contributed by atoms with Crippen molar-refractivity contribution in [2.75, 3.05) is 0 Å². The van der Waals surface area contributed by atoms with E-state index >= 15 is 0 Å². The third kappa shape index (κ3) is 3.33. The van der Waals surface area contributed by atoms with Crippen molar-refractivity contribution >= 4 is 11.6 Å². The zero-order chi connectivity index (χ0) is 14.7. The lowest BCUT2D eigenvalue weighted by Crippen LogP contribution is -2.30. The minimum atomic E-state index is -0.508. The Bertz CT molecular complexity index is 617. The summed E-state index contributed by atoms with van der Waals surface area (Å²) in [6.07, 6.45) is 0.236. The third-order valence-electron chi connectivity index (χ3n) is 3.17. The second-order valence-electron chi connectivity index (χ2n) is 4.68. The van der Waals surface area contributed by atoms with Gasteiger partial charge in [-0.25, -0.2) is 8.78 Å². The average molecular weight is 297 g/mol. The molecule has 0 spiro atoms. The first-order valence-electron chi connectivity index (χ1n) is 6.17. The van der Waals surface area contributed by atoms with Gasteiger partial charge in [-0.2, -0.15) is 0 Å². The molecule has 0 fully saturated rings. The van der Waals surface area contributed by atoms with Gasteiger partial charge in [0, 0.05) is 10.6 Å². The molecule has 2 nitrogen and oxygen atoms in total. The molecule has 2 aromatic carbocycles. The highest BCUT2D eigenvalue weighted by Gasteiger charge is 2.17. The first kappa shape index (κ1) is 14.9. The van der Waals surface area contributed by atoms with Crippen LogP contribution < -0.4 is 11.3 Å². The molecular formula is C15H15ClF2N2. The van der Waals surface area contributed by atoms with E-state index in [4.69, 9.17) is 17.4 Å². The van der Waals surface area contributed by atoms with Crippen molar-refractivity contribution < 1.29 is 8.78 Å². The van der Waals surface area contributed by atoms with Gasteiger partial charge in [0.25, 0.3) is 0 Å². The second-order valence-corrected chi connectivity index (χ2v) is 5.12. The van der Waals surface area contributed by atoms with Crippen molar-refractivity contribution in [3.05, 3.63) is 69.7 Å². The molecule has 0 saturated carbocycles. The maximum Gasteiger partial charge on any atom is 0.128 e. The van der Waals surface area contributed by atoms with Gasteiger partial charge in [-0.05, 0) is 42.7 Å². The third-order valence-corrected chi connectivity index (χ3v) is 3.41. The molecule has 0 amide bonds. The van der Waals surface area contributed by atoms with E-state index in [0.29, 0.717) is 16.1 Å². The summed E-state index contributed by atoms with van der Waals surface area (Å²) in [7, 11) is 0. The number of aryl methyl sites for hydroxylation is 1. The first-order chi connectivity index (χ1) is 9.51. The molecule has 1 atom stereocenters. The largest absolute Gasteiger partial charge is 0.271 e. The molecule has 3 N–H and O–H groups in total. The fraction of sp³-hybridized carbons (Fsp3) is 0.200. The normalized spacial score (nSPS) is 12.4. The lowest BCUT2D eigenvalue weighted by atomic mass is 9.97. The van der Waals surface area contributed by atoms with Crippen LogP contribution in [0.1, 0.15) is 22.7 Å². The smallest absolute Gasteiger partial charge is 0.128 e. The van der Waals surface area contributed by atoms with Gasteiger partial charge < -0.3 is 0 Å². The maximum absolute atomic E-state index is 13.9. The van der Waals surface area contributed by atoms with Gasteiger partial charge in [0.2, 0.25) is 0 Å². The summed E-state index contributed by atoms with van der Waals surface area (Å²) >= 11 is 5.71. The van der Waals surface area contributed by atoms with E-state index in [1.807, 2.05) is 0 Å². The Morgan fingerprint density at radius 3 is 2.50 bits per heavy atom. The van der Waals surface area contributed by atoms with E-state index in [1.54, 1.807) is 31.2 Å². The molecule has 20 heavy (non-hydrogen) atoms. The predicted octanol–water partition coefficient (Wildman–Crippen LogP) is 3.67. The summed E-state index contributed by atoms with van der Waals surface area (Å²) in [6, 6.07) is 8.77. The van der Waals surface area contributed by atoms with Gasteiger partial charge in [0.05, 0.1) is 6.04 Å². The lowest BCUT2D eigenvalue weighted by Gasteiger charge is -2.18. The number of halogens is 3. The van der Waals surface area contributed by atoms with E-state index in [0.717, 1.165) is 5.56 Å². The monoisotopic (exact) mass is 296 g/mol. The standard InChI is InChI=1S/C15H15ClF2N2/c1-9-2-5-12(14(18)6-9)15(20-19)7-10-3-4-11(16)8-13(10)17/h2-6,8,15,20H,7,19H2,1H3. The summed E-state index contributed by atoms with van der Waals surface area (Å²) in [4.78, 5) is 0. The highest BCUT2D eigenvalue weighted by atomic mass is 35.5. The van der Waals surface area contributed by atoms with E-state index in [-0.39, 0.29) is 12.2 Å². The summed E-state index contributed by atoms with van der Waals surface area (Å²) in [5.41, 5.74) is 4.19. The zero-order valence-corrected chi connectivity index (χ0v) is 11.7. The van der Waals surface area contributed by atoms with Gasteiger partial charge in [0.1, 0.15) is 11.6 Å². The summed E-state index contributed by atoms with van der Waals surface area (Å²) < 4.78 is 27.7. The van der Waals surface area contributed by atoms with Crippen LogP contribution in [0.5, 0.6) is 0 Å². The van der Waals surface area contributed by atoms with Crippen LogP contribution in [0.25, 0.3) is 0 Å². The first-order valence-corrected chi connectivity index (χ1v) is 6.55. The summed E-state index contributed by atoms with van der Waals surface area (Å²) in [5.74, 6) is 4.69. The molecule has 0 aliphatic carbocycles. The van der Waals surface area contributed by atoms with Crippen molar-refractivity contribution in [3.63, 3.8) is 0 Å². The maximum atomic E-state index is 13.9. The molecule has 1 unspecified atom stereocenters. The minimum Gasteiger partial charge on any atom is -0.271 e. The Morgan fingerprint density at radius 2 is 1.90 bits per heavy atom. The van der Waals surface area contributed by atoms with E-state index in [9.17, 15) is 8.78 Å². The van der Waals surface area contributed by atoms with Crippen LogP contribution in [-0.2, 0) is 6.42 Å². The topological polar surface area (TPSA) is 38.0 Å². The fourth-order valence-electron chi connectivity index (χ4n) is 2.08. The summed E-state index contributed by atoms with van der Waals surface area (Å²) in [5, 5.41) is 0.324. The van der Waals surface area contributed by atoms with Crippen molar-refractivity contribution in [1.29, 1.82) is 0 Å². The van der Waals surface area contributed by atoms with Gasteiger partial charge in [-0.3, -0.25) is 11.3 Å². The van der Waals surface area contributed by atoms with Crippen molar-refractivity contribution in [2.45, 2.75) is 19.4 Å². The Balaban J connectivity index is 2.28. The number of hydrogen-bond acceptors (Lipinski definition) is 2. The number of nitrogens with one attached hydrogen (secondary N) is 1. The van der Waals surface area contributed by atoms with E-state index in [1.165, 1.54) is 12.1 Å². The van der Waals surface area contributed by atoms with E-state index < -0.39 is 11.9 Å². The molecular weight excluding hydrogens is 282 g/mol. The van der Waals surface area contributed by atoms with Crippen molar-refractivity contribution in [3.8, 4) is 0 Å². The van der Waals surface area contributed by atoms with Crippen molar-refractivity contribution in [1.82, 2.24) is 5.43 Å². The quantitative estimate of drug-likeness (QED) is 0.667. The molecule has 2 rings (SSSR count). The van der Waals surface area contributed by atoms with Crippen molar-refractivity contribution in [2.24, 2.45) is 5.84 Å². The number of hydrogen-bond donors (Lipinski definition) is 2. The predicted molar refractivity (Wildman–Crippen MR) is 76.3 cm³/mol. The molecule has 0 radical (unpaired) electrons. The fourth-order valence-corrected chi connectivity index (χ4v) is 2.24. The van der Waals surface area contributed by atoms with Crippen LogP contribution in [0, 0.1) is 18.6 Å². The second kappa shape index (κ2) is 6.31. The Labute approximate surface area is 121 Å². The SMILES string of the molecule is Cc1ccc(C(Cc2ccc(Cl)cc2F)NN)c(F)c1. The highest BCUT2D eigenvalue weighted by molar-refractivity contribution is 6.30. The molecule has 106 valence electrons. The lowest BCUT2D eigenvalue weighted by molar-refractivity contribution is 0.498. The minimum absolute atomic E-state index is 0.236. The average Bonchev–Trinajstić information content (AvgIpc) is 2.39. The van der Waals surface area contributed by atoms with Crippen LogP contribution in [0.2, 0.25) is 5.02 Å². The number of benzene rings is 2. The number of hydrazine groups is 1. The van der Waals surface area contributed by atoms with Gasteiger partial charge in [0.15, 0.2) is 0 Å². The molecule has 2 aromatic rings. The van der Waals surface area contributed by atoms with Crippen LogP contribution >= 0.6 is 11.6 Å². The van der Waals surface area contributed by atoms with Crippen LogP contribution in [0.4, 0.5) is 8.78 Å². The molecule has 0 aliphatic heterocycles. The van der Waals surface area contributed by atoms with Gasteiger partial charge in [-0.15, -0.1) is 0 Å².